The van der Waals surface area contributed by atoms with Crippen molar-refractivity contribution in [3.63, 3.8) is 0 Å². The van der Waals surface area contributed by atoms with Crippen LogP contribution >= 0.6 is 58.0 Å². The number of halogens is 5. The molecule has 11 heteroatoms. The van der Waals surface area contributed by atoms with Crippen LogP contribution < -0.4 is 16.0 Å². The second kappa shape index (κ2) is 10.6. The first-order valence-corrected chi connectivity index (χ1v) is 13.6. The number of hydrogen-bond donors (Lipinski definition) is 3. The first kappa shape index (κ1) is 27.1. The van der Waals surface area contributed by atoms with Crippen LogP contribution in [0.15, 0.2) is 60.7 Å². The van der Waals surface area contributed by atoms with Crippen molar-refractivity contribution in [1.82, 2.24) is 0 Å². The third kappa shape index (κ3) is 5.90. The van der Waals surface area contributed by atoms with Crippen molar-refractivity contribution >= 4 is 92.8 Å². The summed E-state index contributed by atoms with van der Waals surface area (Å²) in [4.78, 5) is 37.9. The molecule has 0 aromatic heterocycles. The third-order valence-electron chi connectivity index (χ3n) is 6.42. The number of hydrogen-bond acceptors (Lipinski definition) is 3. The van der Waals surface area contributed by atoms with Crippen LogP contribution in [0.5, 0.6) is 0 Å². The summed E-state index contributed by atoms with van der Waals surface area (Å²) in [6.07, 6.45) is 1.83. The zero-order chi connectivity index (χ0) is 27.2. The molecule has 3 aromatic rings. The van der Waals surface area contributed by atoms with E-state index in [4.69, 9.17) is 58.0 Å². The van der Waals surface area contributed by atoms with Gasteiger partial charge in [0.1, 0.15) is 4.33 Å². The summed E-state index contributed by atoms with van der Waals surface area (Å²) < 4.78 is -1.34. The molecule has 2 aliphatic rings. The minimum absolute atomic E-state index is 0.00175. The van der Waals surface area contributed by atoms with E-state index in [0.29, 0.717) is 32.7 Å². The number of rotatable bonds is 7. The second-order valence-corrected chi connectivity index (χ2v) is 12.0. The Hall–Kier alpha value is -2.48. The predicted octanol–water partition coefficient (Wildman–Crippen LogP) is 7.77. The summed E-state index contributed by atoms with van der Waals surface area (Å²) in [5, 5.41) is 9.40. The van der Waals surface area contributed by atoms with Gasteiger partial charge in [-0.15, -0.1) is 23.2 Å². The molecule has 0 saturated heterocycles. The molecule has 5 rings (SSSR count). The Labute approximate surface area is 243 Å². The van der Waals surface area contributed by atoms with Gasteiger partial charge in [-0.1, -0.05) is 34.8 Å². The molecule has 196 valence electrons. The number of carbonyl (C=O) groups excluding carboxylic acids is 3. The van der Waals surface area contributed by atoms with E-state index in [9.17, 15) is 14.4 Å². The molecule has 2 fully saturated rings. The molecule has 0 bridgehead atoms. The molecule has 6 nitrogen and oxygen atoms in total. The minimum Gasteiger partial charge on any atom is -0.326 e. The van der Waals surface area contributed by atoms with Gasteiger partial charge in [-0.05, 0) is 79.1 Å². The van der Waals surface area contributed by atoms with Crippen molar-refractivity contribution in [2.24, 2.45) is 11.8 Å². The van der Waals surface area contributed by atoms with Crippen LogP contribution in [-0.2, 0) is 9.59 Å². The second-order valence-electron chi connectivity index (χ2n) is 9.31. The number of carbonyl (C=O) groups is 3. The Balaban J connectivity index is 1.25. The molecule has 0 spiro atoms. The summed E-state index contributed by atoms with van der Waals surface area (Å²) in [7, 11) is 0. The van der Waals surface area contributed by atoms with Crippen molar-refractivity contribution in [3.8, 4) is 0 Å². The number of nitrogens with one attached hydrogen (secondary N) is 3. The molecule has 2 unspecified atom stereocenters. The Bertz CT molecular complexity index is 1420. The fourth-order valence-corrected chi connectivity index (χ4v) is 5.82. The van der Waals surface area contributed by atoms with E-state index < -0.39 is 28.0 Å². The van der Waals surface area contributed by atoms with Gasteiger partial charge < -0.3 is 16.0 Å². The number of benzene rings is 3. The van der Waals surface area contributed by atoms with Crippen LogP contribution in [0.2, 0.25) is 15.1 Å². The summed E-state index contributed by atoms with van der Waals surface area (Å²) in [6, 6.07) is 16.2. The summed E-state index contributed by atoms with van der Waals surface area (Å²) in [6.45, 7) is 0. The third-order valence-corrected chi connectivity index (χ3v) is 8.12. The SMILES string of the molecule is O=C(Nc1ccc(NC(=O)C2CC2)cc1)c1cc(NC(=O)C2C(c3cc(Cl)cc(Cl)c3)C2(Cl)Cl)ccc1Cl. The maximum atomic E-state index is 13.0. The largest absolute Gasteiger partial charge is 0.326 e. The average molecular weight is 612 g/mol. The quantitative estimate of drug-likeness (QED) is 0.239. The zero-order valence-corrected chi connectivity index (χ0v) is 23.3. The molecular weight excluding hydrogens is 592 g/mol. The van der Waals surface area contributed by atoms with Crippen molar-refractivity contribution < 1.29 is 14.4 Å². The fourth-order valence-electron chi connectivity index (χ4n) is 4.24. The first-order chi connectivity index (χ1) is 18.0. The van der Waals surface area contributed by atoms with E-state index in [1.807, 2.05) is 0 Å². The zero-order valence-electron chi connectivity index (χ0n) is 19.5. The van der Waals surface area contributed by atoms with Gasteiger partial charge in [-0.3, -0.25) is 14.4 Å². The van der Waals surface area contributed by atoms with Crippen LogP contribution in [0.3, 0.4) is 0 Å². The maximum absolute atomic E-state index is 13.0. The fraction of sp³-hybridized carbons (Fsp3) is 0.222. The number of alkyl halides is 2. The molecule has 2 saturated carbocycles. The molecular formula is C27H20Cl5N3O3. The average Bonchev–Trinajstić information content (AvgIpc) is 3.76. The smallest absolute Gasteiger partial charge is 0.257 e. The van der Waals surface area contributed by atoms with E-state index in [1.54, 1.807) is 48.5 Å². The highest BCUT2D eigenvalue weighted by molar-refractivity contribution is 6.53. The van der Waals surface area contributed by atoms with Gasteiger partial charge in [0.2, 0.25) is 11.8 Å². The van der Waals surface area contributed by atoms with E-state index in [-0.39, 0.29) is 22.4 Å². The van der Waals surface area contributed by atoms with Gasteiger partial charge in [0, 0.05) is 38.9 Å². The topological polar surface area (TPSA) is 87.3 Å². The van der Waals surface area contributed by atoms with Crippen LogP contribution in [-0.4, -0.2) is 22.1 Å². The highest BCUT2D eigenvalue weighted by atomic mass is 35.5. The molecule has 38 heavy (non-hydrogen) atoms. The Kier molecular flexibility index (Phi) is 7.55. The van der Waals surface area contributed by atoms with E-state index >= 15 is 0 Å². The molecule has 0 heterocycles. The lowest BCUT2D eigenvalue weighted by Crippen LogP contribution is -2.18. The Morgan fingerprint density at radius 1 is 0.711 bits per heavy atom. The van der Waals surface area contributed by atoms with E-state index in [0.717, 1.165) is 12.8 Å². The molecule has 0 aliphatic heterocycles. The van der Waals surface area contributed by atoms with Crippen molar-refractivity contribution in [3.05, 3.63) is 86.9 Å². The van der Waals surface area contributed by atoms with Crippen molar-refractivity contribution in [2.75, 3.05) is 16.0 Å². The molecule has 3 amide bonds. The van der Waals surface area contributed by atoms with Crippen LogP contribution in [0, 0.1) is 11.8 Å². The van der Waals surface area contributed by atoms with Crippen molar-refractivity contribution in [1.29, 1.82) is 0 Å². The molecule has 3 N–H and O–H groups in total. The van der Waals surface area contributed by atoms with Gasteiger partial charge in [0.15, 0.2) is 0 Å². The number of amides is 3. The van der Waals surface area contributed by atoms with Gasteiger partial charge in [0.25, 0.3) is 5.91 Å². The number of anilines is 3. The minimum atomic E-state index is -1.34. The molecule has 0 radical (unpaired) electrons. The van der Waals surface area contributed by atoms with E-state index in [2.05, 4.69) is 16.0 Å². The van der Waals surface area contributed by atoms with Gasteiger partial charge >= 0.3 is 0 Å². The molecule has 3 aromatic carbocycles. The lowest BCUT2D eigenvalue weighted by Gasteiger charge is -2.11. The van der Waals surface area contributed by atoms with Crippen LogP contribution in [0.25, 0.3) is 0 Å². The lowest BCUT2D eigenvalue weighted by atomic mass is 10.1. The van der Waals surface area contributed by atoms with Gasteiger partial charge in [0.05, 0.1) is 16.5 Å². The van der Waals surface area contributed by atoms with Crippen LogP contribution in [0.1, 0.15) is 34.7 Å². The standard InChI is InChI=1S/C27H20Cl5N3O3/c28-15-9-14(10-16(29)11-15)22-23(27(22,31)32)26(38)35-19-7-8-21(30)20(12-19)25(37)34-18-5-3-17(4-6-18)33-24(36)13-1-2-13/h3-13,22-23H,1-2H2,(H,33,36)(H,34,37)(H,35,38). The highest BCUT2D eigenvalue weighted by Gasteiger charge is 2.67. The monoisotopic (exact) mass is 609 g/mol. The van der Waals surface area contributed by atoms with E-state index in [1.165, 1.54) is 12.1 Å². The predicted molar refractivity (Wildman–Crippen MR) is 153 cm³/mol. The van der Waals surface area contributed by atoms with Crippen LogP contribution in [0.4, 0.5) is 17.1 Å². The van der Waals surface area contributed by atoms with Crippen molar-refractivity contribution in [2.45, 2.75) is 23.1 Å². The summed E-state index contributed by atoms with van der Waals surface area (Å²) >= 11 is 31.3. The summed E-state index contributed by atoms with van der Waals surface area (Å²) in [5.41, 5.74) is 2.33. The van der Waals surface area contributed by atoms with Gasteiger partial charge in [-0.25, -0.2) is 0 Å². The summed E-state index contributed by atoms with van der Waals surface area (Å²) in [5.74, 6) is -2.06. The first-order valence-electron chi connectivity index (χ1n) is 11.7. The van der Waals surface area contributed by atoms with Gasteiger partial charge in [-0.2, -0.15) is 0 Å². The lowest BCUT2D eigenvalue weighted by molar-refractivity contribution is -0.118. The highest BCUT2D eigenvalue weighted by Crippen LogP contribution is 2.65. The molecule has 2 aliphatic carbocycles. The Morgan fingerprint density at radius 2 is 1.26 bits per heavy atom. The Morgan fingerprint density at radius 3 is 1.87 bits per heavy atom. The normalized spacial score (nSPS) is 19.4. The maximum Gasteiger partial charge on any atom is 0.257 e. The molecule has 2 atom stereocenters.